The van der Waals surface area contributed by atoms with Crippen molar-refractivity contribution in [3.8, 4) is 11.6 Å². The molecule has 1 unspecified atom stereocenters. The van der Waals surface area contributed by atoms with Gasteiger partial charge in [-0.1, -0.05) is 22.0 Å². The fourth-order valence-electron chi connectivity index (χ4n) is 4.55. The number of hydrogen-bond acceptors (Lipinski definition) is 5. The number of methoxy groups -OCH3 is 1. The van der Waals surface area contributed by atoms with Crippen molar-refractivity contribution >= 4 is 21.9 Å². The normalized spacial score (nSPS) is 13.9. The molecule has 180 valence electrons. The Bertz CT molecular complexity index is 1160. The summed E-state index contributed by atoms with van der Waals surface area (Å²) in [5.41, 5.74) is 5.28. The first kappa shape index (κ1) is 24.3. The summed E-state index contributed by atoms with van der Waals surface area (Å²) in [5, 5.41) is 14.1. The highest BCUT2D eigenvalue weighted by molar-refractivity contribution is 9.10. The zero-order valence-corrected chi connectivity index (χ0v) is 21.2. The fraction of sp³-hybridized carbons (Fsp3) is 0.423. The number of aliphatic carboxylic acids is 1. The Morgan fingerprint density at radius 2 is 2.00 bits per heavy atom. The number of hydrogen-bond donors (Lipinski definition) is 1. The zero-order valence-electron chi connectivity index (χ0n) is 19.6. The SMILES string of the molecule is COc1ccc(Br)cc1C(CC(=O)O)Cc1cc(OCCc2ccc3c(n2)CCCC3)n(C)n1. The van der Waals surface area contributed by atoms with Crippen LogP contribution >= 0.6 is 15.9 Å². The van der Waals surface area contributed by atoms with Gasteiger partial charge in [-0.3, -0.25) is 9.78 Å². The van der Waals surface area contributed by atoms with E-state index in [2.05, 4.69) is 33.2 Å². The number of fused-ring (bicyclic) bond motifs is 1. The van der Waals surface area contributed by atoms with E-state index in [4.69, 9.17) is 14.5 Å². The molecule has 0 saturated heterocycles. The highest BCUT2D eigenvalue weighted by Gasteiger charge is 2.22. The number of ether oxygens (including phenoxy) is 2. The van der Waals surface area contributed by atoms with Gasteiger partial charge < -0.3 is 14.6 Å². The number of rotatable bonds is 10. The van der Waals surface area contributed by atoms with E-state index in [1.165, 1.54) is 24.1 Å². The first-order chi connectivity index (χ1) is 16.4. The predicted molar refractivity (Wildman–Crippen MR) is 133 cm³/mol. The van der Waals surface area contributed by atoms with Crippen LogP contribution in [0.25, 0.3) is 0 Å². The molecule has 0 radical (unpaired) electrons. The number of benzene rings is 1. The molecule has 34 heavy (non-hydrogen) atoms. The summed E-state index contributed by atoms with van der Waals surface area (Å²) in [7, 11) is 3.43. The van der Waals surface area contributed by atoms with Crippen LogP contribution in [0.3, 0.4) is 0 Å². The van der Waals surface area contributed by atoms with Gasteiger partial charge >= 0.3 is 5.97 Å². The quantitative estimate of drug-likeness (QED) is 0.404. The second-order valence-corrected chi connectivity index (χ2v) is 9.61. The molecule has 1 atom stereocenters. The highest BCUT2D eigenvalue weighted by atomic mass is 79.9. The van der Waals surface area contributed by atoms with Gasteiger partial charge in [-0.15, -0.1) is 0 Å². The van der Waals surface area contributed by atoms with Crippen LogP contribution in [0, 0.1) is 0 Å². The Kier molecular flexibility index (Phi) is 7.88. The van der Waals surface area contributed by atoms with Gasteiger partial charge in [-0.2, -0.15) is 5.10 Å². The van der Waals surface area contributed by atoms with Crippen molar-refractivity contribution in [2.24, 2.45) is 7.05 Å². The van der Waals surface area contributed by atoms with E-state index in [-0.39, 0.29) is 12.3 Å². The number of carboxylic acids is 1. The average molecular weight is 528 g/mol. The number of halogens is 1. The van der Waals surface area contributed by atoms with Crippen LogP contribution in [0.2, 0.25) is 0 Å². The molecule has 2 heterocycles. The third-order valence-corrected chi connectivity index (χ3v) is 6.73. The second-order valence-electron chi connectivity index (χ2n) is 8.70. The molecule has 1 aliphatic rings. The summed E-state index contributed by atoms with van der Waals surface area (Å²) in [6.07, 6.45) is 5.83. The number of aromatic nitrogens is 3. The maximum atomic E-state index is 11.6. The Labute approximate surface area is 208 Å². The van der Waals surface area contributed by atoms with Crippen LogP contribution < -0.4 is 9.47 Å². The van der Waals surface area contributed by atoms with Crippen molar-refractivity contribution in [3.05, 3.63) is 69.1 Å². The standard InChI is InChI=1S/C26H30BrN3O4/c1-30-25(34-12-11-20-9-7-17-5-3-4-6-23(17)28-20)16-21(29-30)13-18(14-26(31)32)22-15-19(27)8-10-24(22)33-2/h7-10,15-16,18H,3-6,11-14H2,1-2H3,(H,31,32). The van der Waals surface area contributed by atoms with Crippen molar-refractivity contribution in [1.82, 2.24) is 14.8 Å². The summed E-state index contributed by atoms with van der Waals surface area (Å²) in [4.78, 5) is 16.4. The second kappa shape index (κ2) is 11.0. The molecule has 0 saturated carbocycles. The van der Waals surface area contributed by atoms with Crippen LogP contribution in [0.15, 0.2) is 40.9 Å². The molecule has 0 spiro atoms. The van der Waals surface area contributed by atoms with Gasteiger partial charge in [0.1, 0.15) is 5.75 Å². The lowest BCUT2D eigenvalue weighted by molar-refractivity contribution is -0.137. The van der Waals surface area contributed by atoms with Crippen LogP contribution in [0.5, 0.6) is 11.6 Å². The Morgan fingerprint density at radius 1 is 1.18 bits per heavy atom. The Morgan fingerprint density at radius 3 is 2.79 bits per heavy atom. The molecule has 0 fully saturated rings. The molecule has 2 aromatic heterocycles. The zero-order chi connectivity index (χ0) is 24.1. The van der Waals surface area contributed by atoms with Gasteiger partial charge in [0.2, 0.25) is 5.88 Å². The third kappa shape index (κ3) is 5.97. The lowest BCUT2D eigenvalue weighted by Gasteiger charge is -2.18. The fourth-order valence-corrected chi connectivity index (χ4v) is 4.93. The maximum absolute atomic E-state index is 11.6. The van der Waals surface area contributed by atoms with E-state index in [0.717, 1.165) is 40.7 Å². The minimum Gasteiger partial charge on any atom is -0.496 e. The molecule has 0 amide bonds. The average Bonchev–Trinajstić information content (AvgIpc) is 3.17. The van der Waals surface area contributed by atoms with Crippen LogP contribution in [-0.2, 0) is 37.5 Å². The molecular formula is C26H30BrN3O4. The van der Waals surface area contributed by atoms with Gasteiger partial charge in [0, 0.05) is 41.3 Å². The van der Waals surface area contributed by atoms with Gasteiger partial charge in [0.05, 0.1) is 25.8 Å². The first-order valence-corrected chi connectivity index (χ1v) is 12.4. The van der Waals surface area contributed by atoms with Crippen molar-refractivity contribution < 1.29 is 19.4 Å². The van der Waals surface area contributed by atoms with Crippen molar-refractivity contribution in [1.29, 1.82) is 0 Å². The topological polar surface area (TPSA) is 86.5 Å². The molecule has 7 nitrogen and oxygen atoms in total. The minimum atomic E-state index is -0.864. The van der Waals surface area contributed by atoms with E-state index in [1.54, 1.807) is 11.8 Å². The molecule has 4 rings (SSSR count). The largest absolute Gasteiger partial charge is 0.496 e. The molecule has 3 aromatic rings. The van der Waals surface area contributed by atoms with Crippen LogP contribution in [-0.4, -0.2) is 39.6 Å². The van der Waals surface area contributed by atoms with E-state index in [1.807, 2.05) is 31.3 Å². The van der Waals surface area contributed by atoms with E-state index >= 15 is 0 Å². The predicted octanol–water partition coefficient (Wildman–Crippen LogP) is 4.89. The maximum Gasteiger partial charge on any atom is 0.303 e. The Balaban J connectivity index is 1.43. The summed E-state index contributed by atoms with van der Waals surface area (Å²) in [6.45, 7) is 0.503. The number of pyridine rings is 1. The molecule has 0 aliphatic heterocycles. The van der Waals surface area contributed by atoms with Crippen LogP contribution in [0.4, 0.5) is 0 Å². The first-order valence-electron chi connectivity index (χ1n) is 11.6. The summed E-state index contributed by atoms with van der Waals surface area (Å²) >= 11 is 3.48. The van der Waals surface area contributed by atoms with Gasteiger partial charge in [0.15, 0.2) is 0 Å². The van der Waals surface area contributed by atoms with E-state index < -0.39 is 5.97 Å². The third-order valence-electron chi connectivity index (χ3n) is 6.24. The number of carbonyl (C=O) groups is 1. The van der Waals surface area contributed by atoms with Crippen molar-refractivity contribution in [3.63, 3.8) is 0 Å². The van der Waals surface area contributed by atoms with Crippen molar-refractivity contribution in [2.75, 3.05) is 13.7 Å². The van der Waals surface area contributed by atoms with Gasteiger partial charge in [0.25, 0.3) is 0 Å². The van der Waals surface area contributed by atoms with E-state index in [9.17, 15) is 9.90 Å². The number of carboxylic acid groups (broad SMARTS) is 1. The summed E-state index contributed by atoms with van der Waals surface area (Å²) in [6, 6.07) is 11.8. The monoisotopic (exact) mass is 527 g/mol. The van der Waals surface area contributed by atoms with Crippen molar-refractivity contribution in [2.45, 2.75) is 50.9 Å². The highest BCUT2D eigenvalue weighted by Crippen LogP contribution is 2.34. The molecule has 0 bridgehead atoms. The summed E-state index contributed by atoms with van der Waals surface area (Å²) in [5.74, 6) is 0.173. The van der Waals surface area contributed by atoms with Gasteiger partial charge in [-0.25, -0.2) is 4.68 Å². The molecule has 8 heteroatoms. The molecule has 1 N–H and O–H groups in total. The molecule has 1 aliphatic carbocycles. The lowest BCUT2D eigenvalue weighted by atomic mass is 9.90. The number of aryl methyl sites for hydroxylation is 3. The Hall–Kier alpha value is -2.87. The molecule has 1 aromatic carbocycles. The molecular weight excluding hydrogens is 498 g/mol. The minimum absolute atomic E-state index is 0.0242. The van der Waals surface area contributed by atoms with Gasteiger partial charge in [-0.05, 0) is 67.5 Å². The smallest absolute Gasteiger partial charge is 0.303 e. The van der Waals surface area contributed by atoms with Crippen LogP contribution in [0.1, 0.15) is 53.4 Å². The summed E-state index contributed by atoms with van der Waals surface area (Å²) < 4.78 is 14.1. The number of nitrogens with zero attached hydrogens (tertiary/aromatic N) is 3. The van der Waals surface area contributed by atoms with E-state index in [0.29, 0.717) is 24.7 Å². The lowest BCUT2D eigenvalue weighted by Crippen LogP contribution is -2.11.